The van der Waals surface area contributed by atoms with E-state index in [4.69, 9.17) is 12.2 Å². The van der Waals surface area contributed by atoms with Crippen molar-refractivity contribution in [3.05, 3.63) is 0 Å². The molecule has 0 radical (unpaired) electrons. The lowest BCUT2D eigenvalue weighted by atomic mass is 9.87. The zero-order valence-corrected chi connectivity index (χ0v) is 9.33. The van der Waals surface area contributed by atoms with Crippen LogP contribution in [0.25, 0.3) is 0 Å². The Balaban J connectivity index is 2.34. The monoisotopic (exact) mass is 208 g/mol. The highest BCUT2D eigenvalue weighted by Crippen LogP contribution is 2.23. The first kappa shape index (κ1) is 12.1. The molecule has 0 spiro atoms. The summed E-state index contributed by atoms with van der Waals surface area (Å²) in [5, 5.41) is 2.97. The van der Waals surface area contributed by atoms with Crippen LogP contribution in [0.15, 0.2) is 0 Å². The number of amides is 1. The third-order valence-corrected chi connectivity index (χ3v) is 2.96. The van der Waals surface area contributed by atoms with Crippen LogP contribution < -0.4 is 11.1 Å². The number of nitrogens with two attached hydrogens (primary N) is 1. The van der Waals surface area contributed by atoms with Crippen molar-refractivity contribution in [2.45, 2.75) is 51.1 Å². The summed E-state index contributed by atoms with van der Waals surface area (Å²) in [5.41, 5.74) is 5.63. The molecule has 1 amide bonds. The number of rotatable bonds is 3. The van der Waals surface area contributed by atoms with Gasteiger partial charge in [-0.25, -0.2) is 0 Å². The van der Waals surface area contributed by atoms with Crippen LogP contribution >= 0.6 is 0 Å². The van der Waals surface area contributed by atoms with Gasteiger partial charge in [-0.2, -0.15) is 0 Å². The van der Waals surface area contributed by atoms with Crippen molar-refractivity contribution in [3.8, 4) is 12.3 Å². The smallest absolute Gasteiger partial charge is 0.238 e. The van der Waals surface area contributed by atoms with E-state index in [0.29, 0.717) is 18.4 Å². The fourth-order valence-corrected chi connectivity index (χ4v) is 2.09. The van der Waals surface area contributed by atoms with Gasteiger partial charge in [0.15, 0.2) is 0 Å². The Morgan fingerprint density at radius 3 is 3.00 bits per heavy atom. The number of carbonyl (C=O) groups is 1. The number of nitrogens with one attached hydrogen (secondary N) is 1. The maximum Gasteiger partial charge on any atom is 0.238 e. The summed E-state index contributed by atoms with van der Waals surface area (Å²) in [6, 6.07) is -0.252. The largest absolute Gasteiger partial charge is 0.352 e. The van der Waals surface area contributed by atoms with E-state index in [1.165, 1.54) is 12.8 Å². The maximum atomic E-state index is 11.6. The van der Waals surface area contributed by atoms with Crippen LogP contribution in [0.3, 0.4) is 0 Å². The molecule has 0 saturated heterocycles. The second-order valence-corrected chi connectivity index (χ2v) is 4.49. The molecule has 0 bridgehead atoms. The van der Waals surface area contributed by atoms with Crippen molar-refractivity contribution in [2.75, 3.05) is 0 Å². The maximum absolute atomic E-state index is 11.6. The Bertz CT molecular complexity index is 257. The molecule has 1 saturated carbocycles. The SMILES string of the molecule is C#CCC(N)C(=O)NC1CCCC(C)C1. The standard InChI is InChI=1S/C12H20N2O/c1-3-5-11(13)12(15)14-10-7-4-6-9(2)8-10/h1,9-11H,4-8,13H2,2H3,(H,14,15). The number of carbonyl (C=O) groups excluding carboxylic acids is 1. The summed E-state index contributed by atoms with van der Waals surface area (Å²) < 4.78 is 0. The predicted molar refractivity (Wildman–Crippen MR) is 61.0 cm³/mol. The molecule has 15 heavy (non-hydrogen) atoms. The van der Waals surface area contributed by atoms with Gasteiger partial charge < -0.3 is 11.1 Å². The fraction of sp³-hybridized carbons (Fsp3) is 0.750. The van der Waals surface area contributed by atoms with E-state index < -0.39 is 6.04 Å². The summed E-state index contributed by atoms with van der Waals surface area (Å²) in [6.45, 7) is 2.22. The summed E-state index contributed by atoms with van der Waals surface area (Å²) in [5.74, 6) is 3.01. The van der Waals surface area contributed by atoms with E-state index in [0.717, 1.165) is 12.8 Å². The van der Waals surface area contributed by atoms with Crippen molar-refractivity contribution < 1.29 is 4.79 Å². The molecular weight excluding hydrogens is 188 g/mol. The lowest BCUT2D eigenvalue weighted by Crippen LogP contribution is -2.46. The first-order valence-corrected chi connectivity index (χ1v) is 5.63. The predicted octanol–water partition coefficient (Wildman–Crippen LogP) is 1.03. The van der Waals surface area contributed by atoms with Gasteiger partial charge in [-0.1, -0.05) is 19.8 Å². The molecule has 3 nitrogen and oxygen atoms in total. The molecule has 1 aliphatic carbocycles. The highest BCUT2D eigenvalue weighted by Gasteiger charge is 2.22. The highest BCUT2D eigenvalue weighted by molar-refractivity contribution is 5.82. The van der Waals surface area contributed by atoms with Gasteiger partial charge in [-0.3, -0.25) is 4.79 Å². The van der Waals surface area contributed by atoms with Crippen LogP contribution in [0.1, 0.15) is 39.0 Å². The van der Waals surface area contributed by atoms with Crippen molar-refractivity contribution in [1.29, 1.82) is 0 Å². The lowest BCUT2D eigenvalue weighted by Gasteiger charge is -2.28. The normalized spacial score (nSPS) is 27.8. The van der Waals surface area contributed by atoms with E-state index in [-0.39, 0.29) is 5.91 Å². The molecule has 0 aromatic carbocycles. The molecule has 1 fully saturated rings. The van der Waals surface area contributed by atoms with Gasteiger partial charge >= 0.3 is 0 Å². The quantitative estimate of drug-likeness (QED) is 0.681. The molecule has 1 aliphatic rings. The second-order valence-electron chi connectivity index (χ2n) is 4.49. The van der Waals surface area contributed by atoms with Gasteiger partial charge in [0.25, 0.3) is 0 Å². The van der Waals surface area contributed by atoms with Gasteiger partial charge in [0.05, 0.1) is 6.04 Å². The van der Waals surface area contributed by atoms with E-state index >= 15 is 0 Å². The molecule has 0 aliphatic heterocycles. The topological polar surface area (TPSA) is 55.1 Å². The molecule has 3 unspecified atom stereocenters. The Labute approximate surface area is 91.8 Å². The van der Waals surface area contributed by atoms with E-state index in [9.17, 15) is 4.79 Å². The average Bonchev–Trinajstić information content (AvgIpc) is 2.18. The first-order valence-electron chi connectivity index (χ1n) is 5.63. The minimum atomic E-state index is -0.549. The summed E-state index contributed by atoms with van der Waals surface area (Å²) >= 11 is 0. The van der Waals surface area contributed by atoms with Crippen molar-refractivity contribution in [1.82, 2.24) is 5.32 Å². The van der Waals surface area contributed by atoms with Gasteiger partial charge in [0.2, 0.25) is 5.91 Å². The molecule has 0 heterocycles. The van der Waals surface area contributed by atoms with Gasteiger partial charge in [0, 0.05) is 12.5 Å². The number of hydrogen-bond acceptors (Lipinski definition) is 2. The van der Waals surface area contributed by atoms with Gasteiger partial charge in [-0.15, -0.1) is 12.3 Å². The van der Waals surface area contributed by atoms with E-state index in [1.807, 2.05) is 0 Å². The van der Waals surface area contributed by atoms with Crippen LogP contribution in [0.5, 0.6) is 0 Å². The lowest BCUT2D eigenvalue weighted by molar-refractivity contribution is -0.123. The minimum absolute atomic E-state index is 0.105. The molecule has 3 atom stereocenters. The van der Waals surface area contributed by atoms with E-state index in [1.54, 1.807) is 0 Å². The van der Waals surface area contributed by atoms with Crippen LogP contribution in [-0.2, 0) is 4.79 Å². The van der Waals surface area contributed by atoms with Crippen LogP contribution in [0.2, 0.25) is 0 Å². The summed E-state index contributed by atoms with van der Waals surface area (Å²) in [6.07, 6.45) is 10.0. The molecule has 84 valence electrons. The third-order valence-electron chi connectivity index (χ3n) is 2.96. The molecule has 1 rings (SSSR count). The molecule has 0 aromatic rings. The average molecular weight is 208 g/mol. The Morgan fingerprint density at radius 2 is 2.40 bits per heavy atom. The van der Waals surface area contributed by atoms with Gasteiger partial charge in [0.1, 0.15) is 0 Å². The first-order chi connectivity index (χ1) is 7.13. The van der Waals surface area contributed by atoms with Crippen LogP contribution in [0, 0.1) is 18.3 Å². The van der Waals surface area contributed by atoms with Crippen molar-refractivity contribution in [3.63, 3.8) is 0 Å². The fourth-order valence-electron chi connectivity index (χ4n) is 2.09. The summed E-state index contributed by atoms with van der Waals surface area (Å²) in [4.78, 5) is 11.6. The zero-order valence-electron chi connectivity index (χ0n) is 9.33. The number of hydrogen-bond donors (Lipinski definition) is 2. The minimum Gasteiger partial charge on any atom is -0.352 e. The second kappa shape index (κ2) is 5.77. The van der Waals surface area contributed by atoms with Crippen molar-refractivity contribution in [2.24, 2.45) is 11.7 Å². The van der Waals surface area contributed by atoms with Crippen LogP contribution in [0.4, 0.5) is 0 Å². The van der Waals surface area contributed by atoms with Crippen LogP contribution in [-0.4, -0.2) is 18.0 Å². The summed E-state index contributed by atoms with van der Waals surface area (Å²) in [7, 11) is 0. The Kier molecular flexibility index (Phi) is 4.64. The van der Waals surface area contributed by atoms with Gasteiger partial charge in [-0.05, 0) is 18.8 Å². The molecular formula is C12H20N2O. The molecule has 3 heteroatoms. The Morgan fingerprint density at radius 1 is 1.67 bits per heavy atom. The molecule has 0 aromatic heterocycles. The zero-order chi connectivity index (χ0) is 11.3. The van der Waals surface area contributed by atoms with Crippen molar-refractivity contribution >= 4 is 5.91 Å². The highest BCUT2D eigenvalue weighted by atomic mass is 16.2. The third kappa shape index (κ3) is 3.93. The van der Waals surface area contributed by atoms with E-state index in [2.05, 4.69) is 18.2 Å². The Hall–Kier alpha value is -1.01. The molecule has 3 N–H and O–H groups in total. The number of terminal acetylenes is 1.